The van der Waals surface area contributed by atoms with Crippen LogP contribution in [-0.4, -0.2) is 16.5 Å². The van der Waals surface area contributed by atoms with Gasteiger partial charge in [0, 0.05) is 12.2 Å². The Morgan fingerprint density at radius 3 is 3.00 bits per heavy atom. The highest BCUT2D eigenvalue weighted by Crippen LogP contribution is 2.10. The molecule has 3 nitrogen and oxygen atoms in total. The molecular weight excluding hydrogens is 186 g/mol. The molecule has 1 aromatic heterocycles. The van der Waals surface area contributed by atoms with Crippen LogP contribution in [0.5, 0.6) is 0 Å². The fourth-order valence-electron chi connectivity index (χ4n) is 0.888. The second kappa shape index (κ2) is 4.82. The zero-order valence-corrected chi connectivity index (χ0v) is 8.30. The standard InChI is InChI=1S/C9H12ClN3/c1-3-5-11-9-12-7(4-2)6-8(10)13-9/h3,6H,1,4-5H2,2H3,(H,11,12,13). The quantitative estimate of drug-likeness (QED) is 0.595. The van der Waals surface area contributed by atoms with Crippen LogP contribution in [0.2, 0.25) is 5.15 Å². The smallest absolute Gasteiger partial charge is 0.224 e. The van der Waals surface area contributed by atoms with Gasteiger partial charge in [-0.25, -0.2) is 9.97 Å². The van der Waals surface area contributed by atoms with Crippen LogP contribution in [-0.2, 0) is 6.42 Å². The molecule has 4 heteroatoms. The topological polar surface area (TPSA) is 37.8 Å². The van der Waals surface area contributed by atoms with E-state index in [9.17, 15) is 0 Å². The van der Waals surface area contributed by atoms with E-state index in [-0.39, 0.29) is 0 Å². The summed E-state index contributed by atoms with van der Waals surface area (Å²) in [6.07, 6.45) is 2.60. The number of hydrogen-bond acceptors (Lipinski definition) is 3. The second-order valence-electron chi connectivity index (χ2n) is 2.53. The third-order valence-corrected chi connectivity index (χ3v) is 1.71. The molecule has 0 bridgehead atoms. The van der Waals surface area contributed by atoms with Crippen LogP contribution in [0.1, 0.15) is 12.6 Å². The third-order valence-electron chi connectivity index (χ3n) is 1.51. The Bertz CT molecular complexity index is 299. The molecule has 0 aliphatic heterocycles. The molecule has 0 aromatic carbocycles. The van der Waals surface area contributed by atoms with Gasteiger partial charge in [0.05, 0.1) is 0 Å². The van der Waals surface area contributed by atoms with Crippen molar-refractivity contribution in [2.75, 3.05) is 11.9 Å². The van der Waals surface area contributed by atoms with E-state index in [2.05, 4.69) is 21.9 Å². The molecular formula is C9H12ClN3. The van der Waals surface area contributed by atoms with Crippen molar-refractivity contribution in [2.24, 2.45) is 0 Å². The minimum atomic E-state index is 0.471. The summed E-state index contributed by atoms with van der Waals surface area (Å²) in [5, 5.41) is 3.46. The number of anilines is 1. The van der Waals surface area contributed by atoms with E-state index in [4.69, 9.17) is 11.6 Å². The van der Waals surface area contributed by atoms with Gasteiger partial charge in [-0.3, -0.25) is 0 Å². The maximum absolute atomic E-state index is 5.79. The molecule has 0 atom stereocenters. The van der Waals surface area contributed by atoms with Crippen molar-refractivity contribution in [3.05, 3.63) is 29.6 Å². The highest BCUT2D eigenvalue weighted by molar-refractivity contribution is 6.29. The van der Waals surface area contributed by atoms with E-state index in [1.165, 1.54) is 0 Å². The van der Waals surface area contributed by atoms with Crippen molar-refractivity contribution in [3.63, 3.8) is 0 Å². The van der Waals surface area contributed by atoms with Crippen LogP contribution in [0.25, 0.3) is 0 Å². The normalized spacial score (nSPS) is 9.69. The van der Waals surface area contributed by atoms with Gasteiger partial charge in [-0.2, -0.15) is 0 Å². The summed E-state index contributed by atoms with van der Waals surface area (Å²) >= 11 is 5.79. The largest absolute Gasteiger partial charge is 0.351 e. The summed E-state index contributed by atoms with van der Waals surface area (Å²) in [4.78, 5) is 8.25. The molecule has 70 valence electrons. The Morgan fingerprint density at radius 1 is 1.62 bits per heavy atom. The zero-order valence-electron chi connectivity index (χ0n) is 7.55. The van der Waals surface area contributed by atoms with Gasteiger partial charge in [-0.05, 0) is 12.5 Å². The molecule has 0 saturated carbocycles. The minimum absolute atomic E-state index is 0.471. The van der Waals surface area contributed by atoms with Crippen molar-refractivity contribution in [1.29, 1.82) is 0 Å². The number of nitrogens with one attached hydrogen (secondary N) is 1. The number of aromatic nitrogens is 2. The van der Waals surface area contributed by atoms with Crippen LogP contribution in [0.3, 0.4) is 0 Å². The highest BCUT2D eigenvalue weighted by atomic mass is 35.5. The first kappa shape index (κ1) is 9.99. The van der Waals surface area contributed by atoms with E-state index in [0.717, 1.165) is 12.1 Å². The predicted octanol–water partition coefficient (Wildman–Crippen LogP) is 2.29. The summed E-state index contributed by atoms with van der Waals surface area (Å²) in [6, 6.07) is 1.76. The molecule has 0 amide bonds. The van der Waals surface area contributed by atoms with Crippen molar-refractivity contribution < 1.29 is 0 Å². The molecule has 1 aromatic rings. The third kappa shape index (κ3) is 3.03. The number of nitrogens with zero attached hydrogens (tertiary/aromatic N) is 2. The first-order chi connectivity index (χ1) is 6.26. The Balaban J connectivity index is 2.81. The van der Waals surface area contributed by atoms with Gasteiger partial charge in [0.2, 0.25) is 5.95 Å². The summed E-state index contributed by atoms with van der Waals surface area (Å²) in [5.41, 5.74) is 0.937. The van der Waals surface area contributed by atoms with Gasteiger partial charge in [-0.1, -0.05) is 24.6 Å². The van der Waals surface area contributed by atoms with E-state index >= 15 is 0 Å². The molecule has 0 saturated heterocycles. The second-order valence-corrected chi connectivity index (χ2v) is 2.92. The Morgan fingerprint density at radius 2 is 2.38 bits per heavy atom. The lowest BCUT2D eigenvalue weighted by molar-refractivity contribution is 0.993. The molecule has 0 aliphatic carbocycles. The lowest BCUT2D eigenvalue weighted by atomic mass is 10.3. The predicted molar refractivity (Wildman–Crippen MR) is 55.1 cm³/mol. The Kier molecular flexibility index (Phi) is 3.71. The Hall–Kier alpha value is -1.09. The fraction of sp³-hybridized carbons (Fsp3) is 0.333. The van der Waals surface area contributed by atoms with Gasteiger partial charge < -0.3 is 5.32 Å². The van der Waals surface area contributed by atoms with E-state index < -0.39 is 0 Å². The van der Waals surface area contributed by atoms with Crippen molar-refractivity contribution in [2.45, 2.75) is 13.3 Å². The molecule has 0 radical (unpaired) electrons. The monoisotopic (exact) mass is 197 g/mol. The van der Waals surface area contributed by atoms with Crippen LogP contribution >= 0.6 is 11.6 Å². The number of halogens is 1. The fourth-order valence-corrected chi connectivity index (χ4v) is 1.09. The lowest BCUT2D eigenvalue weighted by Crippen LogP contribution is -2.04. The number of hydrogen-bond donors (Lipinski definition) is 1. The van der Waals surface area contributed by atoms with Gasteiger partial charge >= 0.3 is 0 Å². The van der Waals surface area contributed by atoms with Crippen molar-refractivity contribution in [1.82, 2.24) is 9.97 Å². The molecule has 0 unspecified atom stereocenters. The number of rotatable bonds is 4. The van der Waals surface area contributed by atoms with Crippen molar-refractivity contribution >= 4 is 17.5 Å². The molecule has 0 fully saturated rings. The molecule has 1 rings (SSSR count). The average molecular weight is 198 g/mol. The first-order valence-corrected chi connectivity index (χ1v) is 4.52. The zero-order chi connectivity index (χ0) is 9.68. The summed E-state index contributed by atoms with van der Waals surface area (Å²) in [5.74, 6) is 0.559. The molecule has 1 N–H and O–H groups in total. The molecule has 0 aliphatic rings. The molecule has 1 heterocycles. The van der Waals surface area contributed by atoms with Gasteiger partial charge in [-0.15, -0.1) is 6.58 Å². The van der Waals surface area contributed by atoms with E-state index in [1.54, 1.807) is 12.1 Å². The first-order valence-electron chi connectivity index (χ1n) is 4.14. The van der Waals surface area contributed by atoms with E-state index in [0.29, 0.717) is 17.6 Å². The summed E-state index contributed by atoms with van der Waals surface area (Å²) in [6.45, 7) is 6.26. The van der Waals surface area contributed by atoms with E-state index in [1.807, 2.05) is 6.92 Å². The van der Waals surface area contributed by atoms with Crippen LogP contribution < -0.4 is 5.32 Å². The van der Waals surface area contributed by atoms with Crippen molar-refractivity contribution in [3.8, 4) is 0 Å². The maximum atomic E-state index is 5.79. The van der Waals surface area contributed by atoms with Crippen LogP contribution in [0.15, 0.2) is 18.7 Å². The summed E-state index contributed by atoms with van der Waals surface area (Å²) < 4.78 is 0. The minimum Gasteiger partial charge on any atom is -0.351 e. The molecule has 0 spiro atoms. The maximum Gasteiger partial charge on any atom is 0.224 e. The Labute approximate surface area is 82.9 Å². The SMILES string of the molecule is C=CCNc1nc(Cl)cc(CC)n1. The summed E-state index contributed by atoms with van der Waals surface area (Å²) in [7, 11) is 0. The van der Waals surface area contributed by atoms with Gasteiger partial charge in [0.25, 0.3) is 0 Å². The van der Waals surface area contributed by atoms with Crippen LogP contribution in [0, 0.1) is 0 Å². The van der Waals surface area contributed by atoms with Gasteiger partial charge in [0.1, 0.15) is 5.15 Å². The average Bonchev–Trinajstić information content (AvgIpc) is 2.14. The highest BCUT2D eigenvalue weighted by Gasteiger charge is 1.99. The van der Waals surface area contributed by atoms with Crippen LogP contribution in [0.4, 0.5) is 5.95 Å². The lowest BCUT2D eigenvalue weighted by Gasteiger charge is -2.03. The van der Waals surface area contributed by atoms with Gasteiger partial charge in [0.15, 0.2) is 0 Å². The number of aryl methyl sites for hydroxylation is 1. The molecule has 13 heavy (non-hydrogen) atoms.